The molecule has 21 heavy (non-hydrogen) atoms. The first-order valence-corrected chi connectivity index (χ1v) is 8.38. The first-order chi connectivity index (χ1) is 10.1. The number of nitrogens with zero attached hydrogens (tertiary/aromatic N) is 3. The Hall–Kier alpha value is -1.93. The first kappa shape index (κ1) is 14.0. The smallest absolute Gasteiger partial charge is 0.215 e. The minimum atomic E-state index is -3.29. The molecule has 0 aromatic carbocycles. The highest BCUT2D eigenvalue weighted by Gasteiger charge is 2.27. The zero-order chi connectivity index (χ0) is 14.9. The minimum absolute atomic E-state index is 0.0565. The standard InChI is InChI=1S/C13H17N5O2S/c1-2-7-21(19,20)17-10-4-6-18(8-10)13-11-3-5-14-12(11)15-9-16-13/h2-3,5,9-10,17H,1,4,6-8H2,(H,14,15,16). The Kier molecular flexibility index (Phi) is 3.64. The van der Waals surface area contributed by atoms with Gasteiger partial charge in [0.2, 0.25) is 10.0 Å². The lowest BCUT2D eigenvalue weighted by Crippen LogP contribution is -2.38. The van der Waals surface area contributed by atoms with E-state index < -0.39 is 10.0 Å². The number of anilines is 1. The van der Waals surface area contributed by atoms with E-state index >= 15 is 0 Å². The number of aromatic nitrogens is 3. The molecule has 1 aliphatic rings. The number of aromatic amines is 1. The fourth-order valence-corrected chi connectivity index (χ4v) is 3.72. The molecule has 2 aromatic rings. The summed E-state index contributed by atoms with van der Waals surface area (Å²) in [4.78, 5) is 13.6. The quantitative estimate of drug-likeness (QED) is 0.791. The van der Waals surface area contributed by atoms with Crippen LogP contribution in [0, 0.1) is 0 Å². The second-order valence-electron chi connectivity index (χ2n) is 5.06. The highest BCUT2D eigenvalue weighted by atomic mass is 32.2. The summed E-state index contributed by atoms with van der Waals surface area (Å²) in [6.45, 7) is 4.83. The van der Waals surface area contributed by atoms with Crippen LogP contribution in [0.15, 0.2) is 31.2 Å². The highest BCUT2D eigenvalue weighted by Crippen LogP contribution is 2.25. The SMILES string of the molecule is C=CCS(=O)(=O)NC1CCN(c2ncnc3[nH]ccc23)C1. The van der Waals surface area contributed by atoms with E-state index in [2.05, 4.69) is 31.2 Å². The monoisotopic (exact) mass is 307 g/mol. The third-order valence-corrected chi connectivity index (χ3v) is 4.87. The first-order valence-electron chi connectivity index (χ1n) is 6.73. The summed E-state index contributed by atoms with van der Waals surface area (Å²) in [5.74, 6) is 0.783. The predicted octanol–water partition coefficient (Wildman–Crippen LogP) is 0.642. The highest BCUT2D eigenvalue weighted by molar-refractivity contribution is 7.89. The van der Waals surface area contributed by atoms with Gasteiger partial charge in [0.1, 0.15) is 17.8 Å². The molecule has 7 nitrogen and oxygen atoms in total. The van der Waals surface area contributed by atoms with E-state index in [1.165, 1.54) is 12.4 Å². The summed E-state index contributed by atoms with van der Waals surface area (Å²) in [5.41, 5.74) is 0.788. The molecule has 2 N–H and O–H groups in total. The van der Waals surface area contributed by atoms with E-state index in [4.69, 9.17) is 0 Å². The average molecular weight is 307 g/mol. The molecule has 8 heteroatoms. The Morgan fingerprint density at radius 1 is 1.52 bits per heavy atom. The second-order valence-corrected chi connectivity index (χ2v) is 6.86. The van der Waals surface area contributed by atoms with Gasteiger partial charge < -0.3 is 9.88 Å². The number of fused-ring (bicyclic) bond motifs is 1. The van der Waals surface area contributed by atoms with Gasteiger partial charge in [-0.1, -0.05) is 6.08 Å². The Labute approximate surface area is 123 Å². The fraction of sp³-hybridized carbons (Fsp3) is 0.385. The summed E-state index contributed by atoms with van der Waals surface area (Å²) < 4.78 is 26.2. The maximum Gasteiger partial charge on any atom is 0.215 e. The molecular formula is C13H17N5O2S. The van der Waals surface area contributed by atoms with E-state index in [0.29, 0.717) is 6.54 Å². The van der Waals surface area contributed by atoms with Gasteiger partial charge in [0.15, 0.2) is 0 Å². The lowest BCUT2D eigenvalue weighted by atomic mass is 10.3. The molecule has 3 heterocycles. The molecule has 0 amide bonds. The lowest BCUT2D eigenvalue weighted by Gasteiger charge is -2.18. The number of H-pyrrole nitrogens is 1. The third-order valence-electron chi connectivity index (χ3n) is 3.50. The maximum absolute atomic E-state index is 11.8. The van der Waals surface area contributed by atoms with Gasteiger partial charge in [-0.2, -0.15) is 0 Å². The molecule has 0 bridgehead atoms. The van der Waals surface area contributed by atoms with Crippen molar-refractivity contribution in [3.8, 4) is 0 Å². The van der Waals surface area contributed by atoms with E-state index in [0.717, 1.165) is 29.8 Å². The van der Waals surface area contributed by atoms with Crippen molar-refractivity contribution >= 4 is 26.9 Å². The predicted molar refractivity (Wildman–Crippen MR) is 81.6 cm³/mol. The second kappa shape index (κ2) is 5.45. The van der Waals surface area contributed by atoms with Crippen LogP contribution < -0.4 is 9.62 Å². The van der Waals surface area contributed by atoms with Crippen LogP contribution in [0.1, 0.15) is 6.42 Å². The van der Waals surface area contributed by atoms with Crippen LogP contribution in [0.2, 0.25) is 0 Å². The number of hydrogen-bond donors (Lipinski definition) is 2. The average Bonchev–Trinajstić information content (AvgIpc) is 3.05. The molecular weight excluding hydrogens is 290 g/mol. The van der Waals surface area contributed by atoms with Crippen molar-refractivity contribution in [3.05, 3.63) is 31.2 Å². The van der Waals surface area contributed by atoms with Crippen molar-refractivity contribution in [3.63, 3.8) is 0 Å². The van der Waals surface area contributed by atoms with E-state index in [-0.39, 0.29) is 11.8 Å². The zero-order valence-electron chi connectivity index (χ0n) is 11.5. The fourth-order valence-electron chi connectivity index (χ4n) is 2.62. The third kappa shape index (κ3) is 2.91. The Balaban J connectivity index is 1.75. The molecule has 0 radical (unpaired) electrons. The summed E-state index contributed by atoms with van der Waals surface area (Å²) in [7, 11) is -3.29. The van der Waals surface area contributed by atoms with Crippen molar-refractivity contribution in [2.75, 3.05) is 23.7 Å². The Morgan fingerprint density at radius 2 is 2.38 bits per heavy atom. The van der Waals surface area contributed by atoms with Crippen LogP contribution >= 0.6 is 0 Å². The Bertz CT molecular complexity index is 755. The van der Waals surface area contributed by atoms with Gasteiger partial charge in [0, 0.05) is 25.3 Å². The normalized spacial score (nSPS) is 19.2. The van der Waals surface area contributed by atoms with Crippen LogP contribution in [0.25, 0.3) is 11.0 Å². The van der Waals surface area contributed by atoms with Crippen LogP contribution in [0.3, 0.4) is 0 Å². The van der Waals surface area contributed by atoms with Crippen molar-refractivity contribution in [2.24, 2.45) is 0 Å². The molecule has 0 aliphatic carbocycles. The van der Waals surface area contributed by atoms with Gasteiger partial charge in [0.25, 0.3) is 0 Å². The van der Waals surface area contributed by atoms with Gasteiger partial charge in [-0.05, 0) is 12.5 Å². The number of rotatable bonds is 5. The minimum Gasteiger partial charge on any atom is -0.354 e. The molecule has 2 aromatic heterocycles. The van der Waals surface area contributed by atoms with Gasteiger partial charge in [0.05, 0.1) is 11.1 Å². The molecule has 0 spiro atoms. The van der Waals surface area contributed by atoms with Gasteiger partial charge in [-0.25, -0.2) is 23.1 Å². The summed E-state index contributed by atoms with van der Waals surface area (Å²) in [5, 5.41) is 0.951. The molecule has 1 atom stereocenters. The van der Waals surface area contributed by atoms with Crippen LogP contribution in [0.4, 0.5) is 5.82 Å². The summed E-state index contributed by atoms with van der Waals surface area (Å²) in [6.07, 6.45) is 5.49. The van der Waals surface area contributed by atoms with Gasteiger partial charge in [-0.3, -0.25) is 0 Å². The zero-order valence-corrected chi connectivity index (χ0v) is 12.3. The van der Waals surface area contributed by atoms with E-state index in [9.17, 15) is 8.42 Å². The van der Waals surface area contributed by atoms with E-state index in [1.54, 1.807) is 0 Å². The van der Waals surface area contributed by atoms with Gasteiger partial charge >= 0.3 is 0 Å². The Morgan fingerprint density at radius 3 is 3.19 bits per heavy atom. The van der Waals surface area contributed by atoms with Crippen LogP contribution in [-0.4, -0.2) is 48.3 Å². The number of nitrogens with one attached hydrogen (secondary N) is 2. The summed E-state index contributed by atoms with van der Waals surface area (Å²) in [6, 6.07) is 1.83. The molecule has 112 valence electrons. The summed E-state index contributed by atoms with van der Waals surface area (Å²) >= 11 is 0. The lowest BCUT2D eigenvalue weighted by molar-refractivity contribution is 0.564. The molecule has 1 saturated heterocycles. The number of sulfonamides is 1. The van der Waals surface area contributed by atoms with Crippen molar-refractivity contribution < 1.29 is 8.42 Å². The molecule has 0 saturated carbocycles. The molecule has 1 fully saturated rings. The van der Waals surface area contributed by atoms with Crippen molar-refractivity contribution in [2.45, 2.75) is 12.5 Å². The van der Waals surface area contributed by atoms with Crippen LogP contribution in [0.5, 0.6) is 0 Å². The maximum atomic E-state index is 11.8. The molecule has 1 unspecified atom stereocenters. The largest absolute Gasteiger partial charge is 0.354 e. The topological polar surface area (TPSA) is 91.0 Å². The number of hydrogen-bond acceptors (Lipinski definition) is 5. The molecule has 3 rings (SSSR count). The molecule has 1 aliphatic heterocycles. The van der Waals surface area contributed by atoms with E-state index in [1.807, 2.05) is 12.3 Å². The van der Waals surface area contributed by atoms with Crippen molar-refractivity contribution in [1.82, 2.24) is 19.7 Å². The van der Waals surface area contributed by atoms with Crippen LogP contribution in [-0.2, 0) is 10.0 Å². The van der Waals surface area contributed by atoms with Gasteiger partial charge in [-0.15, -0.1) is 6.58 Å². The van der Waals surface area contributed by atoms with Crippen molar-refractivity contribution in [1.29, 1.82) is 0 Å².